The molecule has 130 valence electrons. The topological polar surface area (TPSA) is 82.8 Å². The van der Waals surface area contributed by atoms with Gasteiger partial charge in [0.25, 0.3) is 0 Å². The number of rotatable bonds is 6. The number of pyridine rings is 1. The van der Waals surface area contributed by atoms with E-state index < -0.39 is 10.0 Å². The average Bonchev–Trinajstić information content (AvgIpc) is 3.45. The Morgan fingerprint density at radius 2 is 2.04 bits per heavy atom. The highest BCUT2D eigenvalue weighted by Crippen LogP contribution is 2.41. The smallest absolute Gasteiger partial charge is 0.211 e. The van der Waals surface area contributed by atoms with Gasteiger partial charge in [0.05, 0.1) is 23.4 Å². The zero-order valence-electron chi connectivity index (χ0n) is 14.4. The molecule has 2 aromatic rings. The van der Waals surface area contributed by atoms with E-state index in [1.807, 2.05) is 25.1 Å². The second-order valence-corrected chi connectivity index (χ2v) is 8.53. The fraction of sp³-hybridized carbons (Fsp3) is 0.368. The average molecular weight is 355 g/mol. The minimum absolute atomic E-state index is 0.0676. The van der Waals surface area contributed by atoms with E-state index in [4.69, 9.17) is 5.26 Å². The maximum Gasteiger partial charge on any atom is 0.211 e. The van der Waals surface area contributed by atoms with Crippen molar-refractivity contribution in [1.82, 2.24) is 9.71 Å². The Balaban J connectivity index is 1.95. The number of aryl methyl sites for hydroxylation is 1. The van der Waals surface area contributed by atoms with Gasteiger partial charge in [0.15, 0.2) is 0 Å². The van der Waals surface area contributed by atoms with Gasteiger partial charge in [-0.1, -0.05) is 12.1 Å². The molecule has 0 saturated heterocycles. The molecule has 1 aromatic heterocycles. The highest BCUT2D eigenvalue weighted by molar-refractivity contribution is 7.89. The summed E-state index contributed by atoms with van der Waals surface area (Å²) >= 11 is 0. The normalized spacial score (nSPS) is 15.6. The number of sulfonamides is 1. The SMILES string of the molecule is CCS(=O)(=O)NC(c1cncc(-c2ccc(C#N)c(C)c2)c1)C1CC1. The molecule has 1 N–H and O–H groups in total. The molecule has 1 fully saturated rings. The number of nitrogens with one attached hydrogen (secondary N) is 1. The number of aromatic nitrogens is 1. The highest BCUT2D eigenvalue weighted by Gasteiger charge is 2.35. The summed E-state index contributed by atoms with van der Waals surface area (Å²) < 4.78 is 26.9. The van der Waals surface area contributed by atoms with Gasteiger partial charge in [-0.2, -0.15) is 5.26 Å². The molecule has 0 aliphatic heterocycles. The van der Waals surface area contributed by atoms with Crippen LogP contribution >= 0.6 is 0 Å². The highest BCUT2D eigenvalue weighted by atomic mass is 32.2. The van der Waals surface area contributed by atoms with E-state index >= 15 is 0 Å². The fourth-order valence-electron chi connectivity index (χ4n) is 2.90. The van der Waals surface area contributed by atoms with Crippen LogP contribution in [0.1, 0.15) is 42.5 Å². The van der Waals surface area contributed by atoms with Crippen LogP contribution in [0.5, 0.6) is 0 Å². The Labute approximate surface area is 148 Å². The van der Waals surface area contributed by atoms with Crippen LogP contribution in [0.15, 0.2) is 36.7 Å². The molecule has 1 aliphatic carbocycles. The lowest BCUT2D eigenvalue weighted by molar-refractivity contribution is 0.529. The van der Waals surface area contributed by atoms with Gasteiger partial charge < -0.3 is 0 Å². The van der Waals surface area contributed by atoms with E-state index in [0.717, 1.165) is 35.1 Å². The van der Waals surface area contributed by atoms with Gasteiger partial charge in [-0.15, -0.1) is 0 Å². The first kappa shape index (κ1) is 17.6. The minimum Gasteiger partial charge on any atom is -0.264 e. The van der Waals surface area contributed by atoms with Crippen LogP contribution in [0.2, 0.25) is 0 Å². The first-order chi connectivity index (χ1) is 11.9. The molecule has 1 unspecified atom stereocenters. The first-order valence-electron chi connectivity index (χ1n) is 8.39. The molecule has 0 radical (unpaired) electrons. The second-order valence-electron chi connectivity index (χ2n) is 6.48. The summed E-state index contributed by atoms with van der Waals surface area (Å²) in [6, 6.07) is 9.60. The van der Waals surface area contributed by atoms with E-state index in [1.165, 1.54) is 0 Å². The van der Waals surface area contributed by atoms with Crippen LogP contribution in [0.4, 0.5) is 0 Å². The molecule has 1 aliphatic rings. The Bertz CT molecular complexity index is 928. The van der Waals surface area contributed by atoms with Crippen LogP contribution in [0.25, 0.3) is 11.1 Å². The molecule has 1 saturated carbocycles. The second kappa shape index (κ2) is 6.95. The molecule has 25 heavy (non-hydrogen) atoms. The van der Waals surface area contributed by atoms with E-state index in [-0.39, 0.29) is 11.8 Å². The van der Waals surface area contributed by atoms with Crippen LogP contribution < -0.4 is 4.72 Å². The van der Waals surface area contributed by atoms with Gasteiger partial charge >= 0.3 is 0 Å². The first-order valence-corrected chi connectivity index (χ1v) is 10.0. The van der Waals surface area contributed by atoms with Crippen molar-refractivity contribution in [3.8, 4) is 17.2 Å². The standard InChI is InChI=1S/C19H21N3O2S/c1-3-25(23,24)22-19(14-4-5-14)18-9-17(11-21-12-18)15-6-7-16(10-20)13(2)8-15/h6-9,11-12,14,19,22H,3-5H2,1-2H3. The van der Waals surface area contributed by atoms with Crippen molar-refractivity contribution in [2.75, 3.05) is 5.75 Å². The van der Waals surface area contributed by atoms with E-state index in [2.05, 4.69) is 15.8 Å². The molecule has 6 heteroatoms. The summed E-state index contributed by atoms with van der Waals surface area (Å²) in [6.45, 7) is 3.54. The summed E-state index contributed by atoms with van der Waals surface area (Å²) in [5, 5.41) is 9.07. The number of nitriles is 1. The third-order valence-electron chi connectivity index (χ3n) is 4.58. The zero-order chi connectivity index (χ0) is 18.0. The summed E-state index contributed by atoms with van der Waals surface area (Å²) in [6.07, 6.45) is 5.55. The van der Waals surface area contributed by atoms with Gasteiger partial charge in [-0.05, 0) is 61.4 Å². The summed E-state index contributed by atoms with van der Waals surface area (Å²) in [7, 11) is -3.28. The minimum atomic E-state index is -3.28. The van der Waals surface area contributed by atoms with E-state index in [0.29, 0.717) is 11.5 Å². The summed E-state index contributed by atoms with van der Waals surface area (Å²) in [5.41, 5.74) is 4.35. The predicted molar refractivity (Wildman–Crippen MR) is 97.2 cm³/mol. The lowest BCUT2D eigenvalue weighted by Crippen LogP contribution is -2.31. The Hall–Kier alpha value is -2.23. The fourth-order valence-corrected chi connectivity index (χ4v) is 3.78. The lowest BCUT2D eigenvalue weighted by atomic mass is 9.98. The van der Waals surface area contributed by atoms with Gasteiger partial charge in [-0.3, -0.25) is 4.98 Å². The molecule has 1 heterocycles. The molecule has 0 bridgehead atoms. The number of benzene rings is 1. The Morgan fingerprint density at radius 1 is 1.28 bits per heavy atom. The van der Waals surface area contributed by atoms with Crippen LogP contribution in [0.3, 0.4) is 0 Å². The van der Waals surface area contributed by atoms with Crippen molar-refractivity contribution in [1.29, 1.82) is 5.26 Å². The number of hydrogen-bond acceptors (Lipinski definition) is 4. The third kappa shape index (κ3) is 4.06. The van der Waals surface area contributed by atoms with Crippen molar-refractivity contribution >= 4 is 10.0 Å². The van der Waals surface area contributed by atoms with Gasteiger partial charge in [-0.25, -0.2) is 13.1 Å². The van der Waals surface area contributed by atoms with E-state index in [1.54, 1.807) is 25.4 Å². The number of hydrogen-bond donors (Lipinski definition) is 1. The summed E-state index contributed by atoms with van der Waals surface area (Å²) in [4.78, 5) is 4.32. The van der Waals surface area contributed by atoms with Crippen molar-refractivity contribution in [2.24, 2.45) is 5.92 Å². The van der Waals surface area contributed by atoms with Gasteiger partial charge in [0.1, 0.15) is 0 Å². The Morgan fingerprint density at radius 3 is 2.64 bits per heavy atom. The quantitative estimate of drug-likeness (QED) is 0.861. The molecular formula is C19H21N3O2S. The monoisotopic (exact) mass is 355 g/mol. The molecule has 1 aromatic carbocycles. The molecule has 0 spiro atoms. The maximum atomic E-state index is 12.0. The van der Waals surface area contributed by atoms with Gasteiger partial charge in [0, 0.05) is 18.0 Å². The lowest BCUT2D eigenvalue weighted by Gasteiger charge is -2.19. The van der Waals surface area contributed by atoms with E-state index in [9.17, 15) is 8.42 Å². The zero-order valence-corrected chi connectivity index (χ0v) is 15.2. The van der Waals surface area contributed by atoms with Crippen molar-refractivity contribution < 1.29 is 8.42 Å². The molecular weight excluding hydrogens is 334 g/mol. The predicted octanol–water partition coefficient (Wildman–Crippen LogP) is 3.32. The van der Waals surface area contributed by atoms with Crippen LogP contribution in [-0.4, -0.2) is 19.2 Å². The van der Waals surface area contributed by atoms with Crippen LogP contribution in [-0.2, 0) is 10.0 Å². The summed E-state index contributed by atoms with van der Waals surface area (Å²) in [5.74, 6) is 0.402. The van der Waals surface area contributed by atoms with Crippen molar-refractivity contribution in [3.05, 3.63) is 53.3 Å². The van der Waals surface area contributed by atoms with Crippen molar-refractivity contribution in [2.45, 2.75) is 32.7 Å². The Kier molecular flexibility index (Phi) is 4.89. The van der Waals surface area contributed by atoms with Crippen molar-refractivity contribution in [3.63, 3.8) is 0 Å². The molecule has 1 atom stereocenters. The number of nitrogens with zero attached hydrogens (tertiary/aromatic N) is 2. The van der Waals surface area contributed by atoms with Gasteiger partial charge in [0.2, 0.25) is 10.0 Å². The maximum absolute atomic E-state index is 12.0. The molecule has 3 rings (SSSR count). The largest absolute Gasteiger partial charge is 0.264 e. The van der Waals surface area contributed by atoms with Crippen LogP contribution in [0, 0.1) is 24.2 Å². The molecule has 5 nitrogen and oxygen atoms in total. The third-order valence-corrected chi connectivity index (χ3v) is 5.95. The molecule has 0 amide bonds.